The van der Waals surface area contributed by atoms with Gasteiger partial charge in [0, 0.05) is 26.2 Å². The maximum absolute atomic E-state index is 12.5. The molecule has 0 aromatic heterocycles. The molecule has 1 saturated heterocycles. The van der Waals surface area contributed by atoms with E-state index in [1.54, 1.807) is 30.2 Å². The van der Waals surface area contributed by atoms with Crippen LogP contribution in [0.15, 0.2) is 36.4 Å². The smallest absolute Gasteiger partial charge is 0.322 e. The molecule has 1 aliphatic heterocycles. The highest BCUT2D eigenvalue weighted by atomic mass is 35.5. The number of urea groups is 1. The number of hydrogen-bond acceptors (Lipinski definition) is 3. The van der Waals surface area contributed by atoms with Crippen LogP contribution in [-0.2, 0) is 0 Å². The molecule has 1 aliphatic rings. The number of methoxy groups -OCH3 is 1. The molecule has 0 unspecified atom stereocenters. The second-order valence-corrected chi connectivity index (χ2v) is 6.97. The van der Waals surface area contributed by atoms with Crippen LogP contribution in [-0.4, -0.2) is 44.2 Å². The van der Waals surface area contributed by atoms with E-state index >= 15 is 0 Å². The van der Waals surface area contributed by atoms with Crippen molar-refractivity contribution in [2.45, 2.75) is 6.92 Å². The number of piperazine rings is 1. The summed E-state index contributed by atoms with van der Waals surface area (Å²) in [6, 6.07) is 11.1. The molecule has 7 heteroatoms. The monoisotopic (exact) mass is 393 g/mol. The number of anilines is 2. The predicted molar refractivity (Wildman–Crippen MR) is 107 cm³/mol. The summed E-state index contributed by atoms with van der Waals surface area (Å²) >= 11 is 12.1. The Labute approximate surface area is 163 Å². The van der Waals surface area contributed by atoms with E-state index in [9.17, 15) is 4.79 Å². The molecule has 2 aromatic rings. The Morgan fingerprint density at radius 1 is 1.12 bits per heavy atom. The zero-order chi connectivity index (χ0) is 18.7. The van der Waals surface area contributed by atoms with Gasteiger partial charge in [0.2, 0.25) is 0 Å². The number of amides is 2. The van der Waals surface area contributed by atoms with Crippen LogP contribution >= 0.6 is 23.2 Å². The zero-order valence-corrected chi connectivity index (χ0v) is 16.3. The molecule has 2 amide bonds. The fraction of sp³-hybridized carbons (Fsp3) is 0.316. The van der Waals surface area contributed by atoms with Crippen LogP contribution in [0.5, 0.6) is 5.75 Å². The molecule has 5 nitrogen and oxygen atoms in total. The third-order valence-corrected chi connectivity index (χ3v) is 5.25. The van der Waals surface area contributed by atoms with Gasteiger partial charge in [0.15, 0.2) is 0 Å². The lowest BCUT2D eigenvalue weighted by molar-refractivity contribution is 0.208. The van der Waals surface area contributed by atoms with Gasteiger partial charge in [-0.2, -0.15) is 0 Å². The third-order valence-electron chi connectivity index (χ3n) is 4.44. The van der Waals surface area contributed by atoms with E-state index in [1.165, 1.54) is 5.56 Å². The zero-order valence-electron chi connectivity index (χ0n) is 14.8. The first-order valence-corrected chi connectivity index (χ1v) is 9.14. The highest BCUT2D eigenvalue weighted by Gasteiger charge is 2.23. The Morgan fingerprint density at radius 2 is 1.85 bits per heavy atom. The molecular formula is C19H21Cl2N3O2. The van der Waals surface area contributed by atoms with Gasteiger partial charge in [-0.3, -0.25) is 0 Å². The number of carbonyl (C=O) groups excluding carboxylic acids is 1. The Balaban J connectivity index is 1.64. The van der Waals surface area contributed by atoms with E-state index in [2.05, 4.69) is 23.2 Å². The van der Waals surface area contributed by atoms with Crippen LogP contribution in [0.4, 0.5) is 16.2 Å². The van der Waals surface area contributed by atoms with E-state index in [-0.39, 0.29) is 6.03 Å². The summed E-state index contributed by atoms with van der Waals surface area (Å²) in [7, 11) is 1.67. The molecule has 1 N–H and O–H groups in total. The Bertz CT molecular complexity index is 805. The van der Waals surface area contributed by atoms with Crippen LogP contribution in [0.3, 0.4) is 0 Å². The second kappa shape index (κ2) is 8.06. The molecule has 0 radical (unpaired) electrons. The normalized spacial score (nSPS) is 14.3. The van der Waals surface area contributed by atoms with E-state index in [0.717, 1.165) is 24.5 Å². The molecule has 1 fully saturated rings. The summed E-state index contributed by atoms with van der Waals surface area (Å²) in [5, 5.41) is 3.60. The Morgan fingerprint density at radius 3 is 2.54 bits per heavy atom. The third kappa shape index (κ3) is 4.00. The summed E-state index contributed by atoms with van der Waals surface area (Å²) in [4.78, 5) is 16.5. The van der Waals surface area contributed by atoms with Gasteiger partial charge in [0.25, 0.3) is 0 Å². The second-order valence-electron chi connectivity index (χ2n) is 6.18. The maximum atomic E-state index is 12.5. The van der Waals surface area contributed by atoms with Crippen LogP contribution in [0.2, 0.25) is 10.0 Å². The van der Waals surface area contributed by atoms with Crippen LogP contribution in [0.25, 0.3) is 0 Å². The fourth-order valence-electron chi connectivity index (χ4n) is 2.99. The molecule has 0 aliphatic carbocycles. The van der Waals surface area contributed by atoms with E-state index in [4.69, 9.17) is 27.9 Å². The van der Waals surface area contributed by atoms with Crippen molar-refractivity contribution in [3.05, 3.63) is 52.0 Å². The largest absolute Gasteiger partial charge is 0.495 e. The highest BCUT2D eigenvalue weighted by Crippen LogP contribution is 2.31. The van der Waals surface area contributed by atoms with E-state index in [0.29, 0.717) is 28.8 Å². The molecule has 0 saturated carbocycles. The summed E-state index contributed by atoms with van der Waals surface area (Å²) in [6.07, 6.45) is 0. The summed E-state index contributed by atoms with van der Waals surface area (Å²) in [6.45, 7) is 4.75. The topological polar surface area (TPSA) is 44.8 Å². The number of nitrogens with one attached hydrogen (secondary N) is 1. The minimum Gasteiger partial charge on any atom is -0.495 e. The van der Waals surface area contributed by atoms with Crippen LogP contribution in [0, 0.1) is 6.92 Å². The molecule has 1 heterocycles. The van der Waals surface area contributed by atoms with Gasteiger partial charge >= 0.3 is 6.03 Å². The highest BCUT2D eigenvalue weighted by molar-refractivity contribution is 6.43. The van der Waals surface area contributed by atoms with Gasteiger partial charge in [0.1, 0.15) is 5.75 Å². The average molecular weight is 394 g/mol. The van der Waals surface area contributed by atoms with Gasteiger partial charge in [-0.05, 0) is 36.8 Å². The summed E-state index contributed by atoms with van der Waals surface area (Å²) < 4.78 is 5.47. The van der Waals surface area contributed by atoms with Crippen molar-refractivity contribution >= 4 is 40.6 Å². The molecule has 0 bridgehead atoms. The quantitative estimate of drug-likeness (QED) is 0.823. The number of benzene rings is 2. The molecule has 0 atom stereocenters. The number of ether oxygens (including phenoxy) is 1. The van der Waals surface area contributed by atoms with Crippen molar-refractivity contribution in [3.8, 4) is 5.75 Å². The van der Waals surface area contributed by atoms with Crippen molar-refractivity contribution in [1.82, 2.24) is 4.90 Å². The number of aryl methyl sites for hydroxylation is 1. The van der Waals surface area contributed by atoms with Crippen LogP contribution < -0.4 is 15.0 Å². The van der Waals surface area contributed by atoms with Gasteiger partial charge in [-0.1, -0.05) is 35.3 Å². The van der Waals surface area contributed by atoms with Gasteiger partial charge in [-0.15, -0.1) is 0 Å². The first kappa shape index (κ1) is 18.7. The van der Waals surface area contributed by atoms with Crippen LogP contribution in [0.1, 0.15) is 5.56 Å². The molecule has 0 spiro atoms. The molecule has 2 aromatic carbocycles. The minimum atomic E-state index is -0.176. The lowest BCUT2D eigenvalue weighted by atomic mass is 10.1. The first-order valence-electron chi connectivity index (χ1n) is 8.39. The summed E-state index contributed by atoms with van der Waals surface area (Å²) in [5.41, 5.74) is 2.76. The Kier molecular flexibility index (Phi) is 5.79. The predicted octanol–water partition coefficient (Wildman–Crippen LogP) is 4.66. The lowest BCUT2D eigenvalue weighted by Crippen LogP contribution is -2.50. The average Bonchev–Trinajstić information content (AvgIpc) is 2.65. The number of halogens is 2. The standard InChI is InChI=1S/C19H21Cl2N3O2/c1-13-6-7-17(26-2)16(12-13)23-8-10-24(11-9-23)19(25)22-15-5-3-4-14(20)18(15)21/h3-7,12H,8-11H2,1-2H3,(H,22,25). The minimum absolute atomic E-state index is 0.176. The summed E-state index contributed by atoms with van der Waals surface area (Å²) in [5.74, 6) is 0.846. The molecule has 138 valence electrons. The van der Waals surface area contributed by atoms with E-state index < -0.39 is 0 Å². The van der Waals surface area contributed by atoms with Gasteiger partial charge in [0.05, 0.1) is 28.5 Å². The fourth-order valence-corrected chi connectivity index (χ4v) is 3.34. The first-order chi connectivity index (χ1) is 12.5. The SMILES string of the molecule is COc1ccc(C)cc1N1CCN(C(=O)Nc2cccc(Cl)c2Cl)CC1. The maximum Gasteiger partial charge on any atom is 0.322 e. The molecular weight excluding hydrogens is 373 g/mol. The van der Waals surface area contributed by atoms with Crippen molar-refractivity contribution in [2.75, 3.05) is 43.5 Å². The van der Waals surface area contributed by atoms with Gasteiger partial charge in [-0.25, -0.2) is 4.79 Å². The molecule has 3 rings (SSSR count). The van der Waals surface area contributed by atoms with Crippen molar-refractivity contribution in [2.24, 2.45) is 0 Å². The number of rotatable bonds is 3. The number of carbonyl (C=O) groups is 1. The van der Waals surface area contributed by atoms with E-state index in [1.807, 2.05) is 12.1 Å². The number of hydrogen-bond donors (Lipinski definition) is 1. The lowest BCUT2D eigenvalue weighted by Gasteiger charge is -2.36. The van der Waals surface area contributed by atoms with Crippen molar-refractivity contribution < 1.29 is 9.53 Å². The Hall–Kier alpha value is -2.11. The van der Waals surface area contributed by atoms with Crippen molar-refractivity contribution in [1.29, 1.82) is 0 Å². The van der Waals surface area contributed by atoms with Gasteiger partial charge < -0.3 is 19.9 Å². The van der Waals surface area contributed by atoms with Crippen molar-refractivity contribution in [3.63, 3.8) is 0 Å². The number of nitrogens with zero attached hydrogens (tertiary/aromatic N) is 2. The molecule has 26 heavy (non-hydrogen) atoms.